The van der Waals surface area contributed by atoms with Gasteiger partial charge >= 0.3 is 0 Å². The number of carbonyl (C=O) groups excluding carboxylic acids is 1. The fourth-order valence-corrected chi connectivity index (χ4v) is 0.637. The molecule has 0 atom stereocenters. The van der Waals surface area contributed by atoms with Crippen LogP contribution in [0.15, 0.2) is 36.5 Å². The van der Waals surface area contributed by atoms with Crippen LogP contribution in [-0.4, -0.2) is 5.78 Å². The Morgan fingerprint density at radius 3 is 2.55 bits per heavy atom. The van der Waals surface area contributed by atoms with Gasteiger partial charge in [-0.25, -0.2) is 0 Å². The van der Waals surface area contributed by atoms with Gasteiger partial charge in [0.15, 0.2) is 5.78 Å². The minimum Gasteiger partial charge on any atom is -0.295 e. The number of carbonyl (C=O) groups is 1. The zero-order chi connectivity index (χ0) is 8.69. The van der Waals surface area contributed by atoms with Crippen LogP contribution in [0.1, 0.15) is 20.3 Å². The van der Waals surface area contributed by atoms with Crippen molar-refractivity contribution in [2.75, 3.05) is 0 Å². The monoisotopic (exact) mass is 150 g/mol. The Labute approximate surface area is 68.1 Å². The maximum absolute atomic E-state index is 10.8. The molecule has 0 fully saturated rings. The number of rotatable bonds is 4. The van der Waals surface area contributed by atoms with E-state index in [1.165, 1.54) is 6.92 Å². The Kier molecular flexibility index (Phi) is 5.09. The second-order valence-corrected chi connectivity index (χ2v) is 2.22. The van der Waals surface area contributed by atoms with Gasteiger partial charge in [0.1, 0.15) is 0 Å². The summed E-state index contributed by atoms with van der Waals surface area (Å²) in [5.74, 6) is 0.0563. The molecule has 0 aromatic rings. The summed E-state index contributed by atoms with van der Waals surface area (Å²) in [5, 5.41) is 0. The topological polar surface area (TPSA) is 17.1 Å². The van der Waals surface area contributed by atoms with Crippen molar-refractivity contribution in [3.05, 3.63) is 36.5 Å². The summed E-state index contributed by atoms with van der Waals surface area (Å²) in [4.78, 5) is 10.8. The highest BCUT2D eigenvalue weighted by atomic mass is 16.1. The average Bonchev–Trinajstić information content (AvgIpc) is 1.97. The summed E-state index contributed by atoms with van der Waals surface area (Å²) in [6.07, 6.45) is 8.20. The Bertz CT molecular complexity index is 197. The summed E-state index contributed by atoms with van der Waals surface area (Å²) in [6, 6.07) is 0. The molecule has 0 rings (SSSR count). The van der Waals surface area contributed by atoms with Crippen LogP contribution in [-0.2, 0) is 4.79 Å². The van der Waals surface area contributed by atoms with Gasteiger partial charge in [0.25, 0.3) is 0 Å². The van der Waals surface area contributed by atoms with Gasteiger partial charge in [-0.1, -0.05) is 37.8 Å². The van der Waals surface area contributed by atoms with Gasteiger partial charge in [0.05, 0.1) is 0 Å². The molecule has 0 saturated heterocycles. The van der Waals surface area contributed by atoms with Crippen LogP contribution in [0.5, 0.6) is 0 Å². The van der Waals surface area contributed by atoms with E-state index in [1.807, 2.05) is 19.1 Å². The van der Waals surface area contributed by atoms with Crippen molar-refractivity contribution in [2.24, 2.45) is 0 Å². The molecule has 0 heterocycles. The number of hydrogen-bond donors (Lipinski definition) is 0. The highest BCUT2D eigenvalue weighted by Gasteiger charge is 1.93. The van der Waals surface area contributed by atoms with E-state index in [0.29, 0.717) is 5.57 Å². The Morgan fingerprint density at radius 2 is 2.18 bits per heavy atom. The van der Waals surface area contributed by atoms with Gasteiger partial charge in [-0.2, -0.15) is 0 Å². The van der Waals surface area contributed by atoms with Crippen molar-refractivity contribution in [1.82, 2.24) is 0 Å². The van der Waals surface area contributed by atoms with Crippen molar-refractivity contribution < 1.29 is 4.79 Å². The van der Waals surface area contributed by atoms with Crippen LogP contribution in [0.2, 0.25) is 0 Å². The van der Waals surface area contributed by atoms with Gasteiger partial charge in [-0.15, -0.1) is 0 Å². The number of ketones is 1. The third-order valence-corrected chi connectivity index (χ3v) is 1.27. The fraction of sp³-hybridized carbons (Fsp3) is 0.300. The first-order valence-electron chi connectivity index (χ1n) is 3.72. The minimum atomic E-state index is 0.0563. The molecular formula is C10H14O. The SMILES string of the molecule is C=C/C(=C\C=C/CC)C(C)=O. The van der Waals surface area contributed by atoms with E-state index in [9.17, 15) is 4.79 Å². The van der Waals surface area contributed by atoms with E-state index >= 15 is 0 Å². The third-order valence-electron chi connectivity index (χ3n) is 1.27. The van der Waals surface area contributed by atoms with E-state index in [4.69, 9.17) is 0 Å². The summed E-state index contributed by atoms with van der Waals surface area (Å²) < 4.78 is 0. The zero-order valence-electron chi connectivity index (χ0n) is 7.13. The van der Waals surface area contributed by atoms with E-state index in [2.05, 4.69) is 6.58 Å². The van der Waals surface area contributed by atoms with Crippen molar-refractivity contribution in [1.29, 1.82) is 0 Å². The van der Waals surface area contributed by atoms with Gasteiger partial charge < -0.3 is 0 Å². The number of hydrogen-bond acceptors (Lipinski definition) is 1. The van der Waals surface area contributed by atoms with Gasteiger partial charge in [-0.3, -0.25) is 4.79 Å². The summed E-state index contributed by atoms with van der Waals surface area (Å²) in [7, 11) is 0. The lowest BCUT2D eigenvalue weighted by atomic mass is 10.1. The standard InChI is InChI=1S/C10H14O/c1-4-6-7-8-10(5-2)9(3)11/h5-8H,2,4H2,1,3H3/b7-6-,10-8+. The van der Waals surface area contributed by atoms with Crippen molar-refractivity contribution in [2.45, 2.75) is 20.3 Å². The quantitative estimate of drug-likeness (QED) is 0.445. The second kappa shape index (κ2) is 5.66. The van der Waals surface area contributed by atoms with Crippen LogP contribution in [0, 0.1) is 0 Å². The van der Waals surface area contributed by atoms with E-state index in [0.717, 1.165) is 6.42 Å². The summed E-state index contributed by atoms with van der Waals surface area (Å²) in [5.41, 5.74) is 0.662. The minimum absolute atomic E-state index is 0.0563. The largest absolute Gasteiger partial charge is 0.295 e. The molecule has 0 unspecified atom stereocenters. The Balaban J connectivity index is 4.24. The molecule has 0 amide bonds. The molecule has 0 bridgehead atoms. The van der Waals surface area contributed by atoms with Crippen LogP contribution in [0.4, 0.5) is 0 Å². The molecule has 0 aliphatic heterocycles. The first-order chi connectivity index (χ1) is 5.22. The highest BCUT2D eigenvalue weighted by molar-refractivity contribution is 5.96. The maximum atomic E-state index is 10.8. The van der Waals surface area contributed by atoms with Crippen molar-refractivity contribution in [3.63, 3.8) is 0 Å². The lowest BCUT2D eigenvalue weighted by Gasteiger charge is -1.90. The van der Waals surface area contributed by atoms with Gasteiger partial charge in [0, 0.05) is 5.57 Å². The van der Waals surface area contributed by atoms with Crippen molar-refractivity contribution in [3.8, 4) is 0 Å². The first kappa shape index (κ1) is 9.89. The predicted octanol–water partition coefficient (Wildman–Crippen LogP) is 2.65. The molecule has 0 N–H and O–H groups in total. The summed E-state index contributed by atoms with van der Waals surface area (Å²) in [6.45, 7) is 7.12. The van der Waals surface area contributed by atoms with E-state index in [1.54, 1.807) is 12.2 Å². The third kappa shape index (κ3) is 4.31. The van der Waals surface area contributed by atoms with Gasteiger partial charge in [0.2, 0.25) is 0 Å². The lowest BCUT2D eigenvalue weighted by molar-refractivity contribution is -0.113. The molecule has 0 aromatic heterocycles. The second-order valence-electron chi connectivity index (χ2n) is 2.22. The van der Waals surface area contributed by atoms with Crippen LogP contribution in [0.25, 0.3) is 0 Å². The highest BCUT2D eigenvalue weighted by Crippen LogP contribution is 1.97. The lowest BCUT2D eigenvalue weighted by Crippen LogP contribution is -1.90. The predicted molar refractivity (Wildman–Crippen MR) is 48.4 cm³/mol. The maximum Gasteiger partial charge on any atom is 0.159 e. The molecule has 60 valence electrons. The molecule has 0 saturated carbocycles. The molecule has 1 heteroatoms. The Morgan fingerprint density at radius 1 is 1.55 bits per heavy atom. The van der Waals surface area contributed by atoms with E-state index < -0.39 is 0 Å². The normalized spacial score (nSPS) is 12.0. The fourth-order valence-electron chi connectivity index (χ4n) is 0.637. The van der Waals surface area contributed by atoms with Gasteiger partial charge in [-0.05, 0) is 13.3 Å². The Hall–Kier alpha value is -1.11. The molecule has 0 spiro atoms. The molecule has 0 aliphatic carbocycles. The van der Waals surface area contributed by atoms with Crippen molar-refractivity contribution >= 4 is 5.78 Å². The first-order valence-corrected chi connectivity index (χ1v) is 3.72. The summed E-state index contributed by atoms with van der Waals surface area (Å²) >= 11 is 0. The smallest absolute Gasteiger partial charge is 0.159 e. The van der Waals surface area contributed by atoms with E-state index in [-0.39, 0.29) is 5.78 Å². The zero-order valence-corrected chi connectivity index (χ0v) is 7.13. The molecule has 0 aliphatic rings. The van der Waals surface area contributed by atoms with Crippen LogP contribution < -0.4 is 0 Å². The number of allylic oxidation sites excluding steroid dienone is 5. The van der Waals surface area contributed by atoms with Crippen LogP contribution in [0.3, 0.4) is 0 Å². The van der Waals surface area contributed by atoms with Crippen LogP contribution >= 0.6 is 0 Å². The molecular weight excluding hydrogens is 136 g/mol. The molecule has 11 heavy (non-hydrogen) atoms. The molecule has 1 nitrogen and oxygen atoms in total. The molecule has 0 radical (unpaired) electrons. The molecule has 0 aromatic carbocycles. The average molecular weight is 150 g/mol. The number of Topliss-reactive ketones (excluding diaryl/α,β-unsaturated/α-hetero) is 1.